The average Bonchev–Trinajstić information content (AvgIpc) is 3.09. The van der Waals surface area contributed by atoms with Crippen LogP contribution in [-0.4, -0.2) is 25.2 Å². The number of halogens is 1. The third kappa shape index (κ3) is 4.98. The van der Waals surface area contributed by atoms with Gasteiger partial charge in [-0.3, -0.25) is 4.79 Å². The van der Waals surface area contributed by atoms with Gasteiger partial charge in [0.05, 0.1) is 12.5 Å². The second-order valence-electron chi connectivity index (χ2n) is 5.83. The summed E-state index contributed by atoms with van der Waals surface area (Å²) >= 11 is 5.85. The van der Waals surface area contributed by atoms with E-state index >= 15 is 0 Å². The Morgan fingerprint density at radius 3 is 2.83 bits per heavy atom. The predicted octanol–water partition coefficient (Wildman–Crippen LogP) is 4.08. The predicted molar refractivity (Wildman–Crippen MR) is 94.7 cm³/mol. The molecular formula is C19H20ClNO3. The van der Waals surface area contributed by atoms with Crippen molar-refractivity contribution in [1.82, 2.24) is 0 Å². The minimum absolute atomic E-state index is 0.0754. The number of nitrogens with one attached hydrogen (secondary N) is 1. The highest BCUT2D eigenvalue weighted by molar-refractivity contribution is 6.30. The molecule has 1 aliphatic heterocycles. The summed E-state index contributed by atoms with van der Waals surface area (Å²) in [6.45, 7) is 1.36. The standard InChI is InChI=1S/C19H20ClNO3/c20-15-8-6-14(7-9-15)11-19(22)21-16-3-1-4-17(12-16)24-13-18-5-2-10-23-18/h1,3-4,6-9,12,18H,2,5,10-11,13H2,(H,21,22)/t18-/m1/s1. The fourth-order valence-electron chi connectivity index (χ4n) is 2.62. The normalized spacial score (nSPS) is 16.8. The summed E-state index contributed by atoms with van der Waals surface area (Å²) in [5.41, 5.74) is 1.64. The van der Waals surface area contributed by atoms with Crippen molar-refractivity contribution in [2.75, 3.05) is 18.5 Å². The highest BCUT2D eigenvalue weighted by atomic mass is 35.5. The first kappa shape index (κ1) is 16.8. The smallest absolute Gasteiger partial charge is 0.228 e. The molecule has 126 valence electrons. The van der Waals surface area contributed by atoms with E-state index in [1.165, 1.54) is 0 Å². The molecule has 0 aromatic heterocycles. The van der Waals surface area contributed by atoms with Gasteiger partial charge in [-0.2, -0.15) is 0 Å². The molecule has 0 bridgehead atoms. The molecule has 1 aliphatic rings. The van der Waals surface area contributed by atoms with Crippen LogP contribution in [0.3, 0.4) is 0 Å². The summed E-state index contributed by atoms with van der Waals surface area (Å²) in [6.07, 6.45) is 2.61. The van der Waals surface area contributed by atoms with Crippen LogP contribution in [0.25, 0.3) is 0 Å². The van der Waals surface area contributed by atoms with E-state index in [4.69, 9.17) is 21.1 Å². The molecule has 1 fully saturated rings. The minimum Gasteiger partial charge on any atom is -0.491 e. The molecule has 0 unspecified atom stereocenters. The van der Waals surface area contributed by atoms with E-state index < -0.39 is 0 Å². The number of hydrogen-bond acceptors (Lipinski definition) is 3. The van der Waals surface area contributed by atoms with Gasteiger partial charge >= 0.3 is 0 Å². The van der Waals surface area contributed by atoms with Crippen LogP contribution in [0.2, 0.25) is 5.02 Å². The summed E-state index contributed by atoms with van der Waals surface area (Å²) in [7, 11) is 0. The topological polar surface area (TPSA) is 47.6 Å². The number of rotatable bonds is 6. The molecule has 0 radical (unpaired) electrons. The third-order valence-corrected chi connectivity index (χ3v) is 4.11. The Balaban J connectivity index is 1.53. The lowest BCUT2D eigenvalue weighted by Crippen LogP contribution is -2.17. The van der Waals surface area contributed by atoms with Crippen molar-refractivity contribution in [3.63, 3.8) is 0 Å². The number of anilines is 1. The Labute approximate surface area is 146 Å². The SMILES string of the molecule is O=C(Cc1ccc(Cl)cc1)Nc1cccc(OC[C@H]2CCCO2)c1. The van der Waals surface area contributed by atoms with Crippen molar-refractivity contribution in [2.45, 2.75) is 25.4 Å². The van der Waals surface area contributed by atoms with E-state index in [0.717, 1.165) is 36.4 Å². The molecule has 1 heterocycles. The highest BCUT2D eigenvalue weighted by Crippen LogP contribution is 2.20. The quantitative estimate of drug-likeness (QED) is 0.858. The van der Waals surface area contributed by atoms with Crippen molar-refractivity contribution in [3.05, 3.63) is 59.1 Å². The number of ether oxygens (including phenoxy) is 2. The van der Waals surface area contributed by atoms with Gasteiger partial charge in [-0.05, 0) is 42.7 Å². The van der Waals surface area contributed by atoms with Gasteiger partial charge in [0.25, 0.3) is 0 Å². The number of benzene rings is 2. The van der Waals surface area contributed by atoms with E-state index in [-0.39, 0.29) is 12.0 Å². The zero-order valence-electron chi connectivity index (χ0n) is 13.3. The van der Waals surface area contributed by atoms with Gasteiger partial charge in [0.2, 0.25) is 5.91 Å². The van der Waals surface area contributed by atoms with E-state index in [0.29, 0.717) is 18.1 Å². The maximum atomic E-state index is 12.1. The lowest BCUT2D eigenvalue weighted by molar-refractivity contribution is -0.115. The van der Waals surface area contributed by atoms with Crippen molar-refractivity contribution in [3.8, 4) is 5.75 Å². The second-order valence-corrected chi connectivity index (χ2v) is 6.26. The van der Waals surface area contributed by atoms with Gasteiger partial charge < -0.3 is 14.8 Å². The van der Waals surface area contributed by atoms with Crippen LogP contribution in [0, 0.1) is 0 Å². The largest absolute Gasteiger partial charge is 0.491 e. The van der Waals surface area contributed by atoms with Gasteiger partial charge in [-0.1, -0.05) is 29.8 Å². The lowest BCUT2D eigenvalue weighted by Gasteiger charge is -2.12. The summed E-state index contributed by atoms with van der Waals surface area (Å²) in [5.74, 6) is 0.656. The van der Waals surface area contributed by atoms with Crippen molar-refractivity contribution >= 4 is 23.2 Å². The number of carbonyl (C=O) groups excluding carboxylic acids is 1. The first-order valence-corrected chi connectivity index (χ1v) is 8.45. The van der Waals surface area contributed by atoms with Crippen molar-refractivity contribution in [1.29, 1.82) is 0 Å². The molecule has 4 nitrogen and oxygen atoms in total. The van der Waals surface area contributed by atoms with Crippen LogP contribution >= 0.6 is 11.6 Å². The monoisotopic (exact) mass is 345 g/mol. The Hall–Kier alpha value is -2.04. The zero-order chi connectivity index (χ0) is 16.8. The fourth-order valence-corrected chi connectivity index (χ4v) is 2.75. The van der Waals surface area contributed by atoms with Crippen LogP contribution in [0.5, 0.6) is 5.75 Å². The maximum absolute atomic E-state index is 12.1. The third-order valence-electron chi connectivity index (χ3n) is 3.86. The van der Waals surface area contributed by atoms with Gasteiger partial charge in [-0.15, -0.1) is 0 Å². The van der Waals surface area contributed by atoms with E-state index in [9.17, 15) is 4.79 Å². The molecule has 0 aliphatic carbocycles. The maximum Gasteiger partial charge on any atom is 0.228 e. The molecule has 2 aromatic carbocycles. The van der Waals surface area contributed by atoms with E-state index in [1.807, 2.05) is 36.4 Å². The Morgan fingerprint density at radius 2 is 2.08 bits per heavy atom. The number of hydrogen-bond donors (Lipinski definition) is 1. The molecule has 0 spiro atoms. The Kier molecular flexibility index (Phi) is 5.72. The molecule has 1 saturated heterocycles. The summed E-state index contributed by atoms with van der Waals surface area (Å²) < 4.78 is 11.3. The van der Waals surface area contributed by atoms with Crippen LogP contribution < -0.4 is 10.1 Å². The number of amides is 1. The van der Waals surface area contributed by atoms with Crippen LogP contribution in [-0.2, 0) is 16.0 Å². The average molecular weight is 346 g/mol. The molecule has 3 rings (SSSR count). The lowest BCUT2D eigenvalue weighted by atomic mass is 10.1. The molecule has 2 aromatic rings. The van der Waals surface area contributed by atoms with Crippen LogP contribution in [0.4, 0.5) is 5.69 Å². The van der Waals surface area contributed by atoms with Gasteiger partial charge in [0, 0.05) is 23.4 Å². The zero-order valence-corrected chi connectivity index (χ0v) is 14.1. The molecular weight excluding hydrogens is 326 g/mol. The van der Waals surface area contributed by atoms with Gasteiger partial charge in [0.15, 0.2) is 0 Å². The van der Waals surface area contributed by atoms with E-state index in [2.05, 4.69) is 5.32 Å². The Bertz CT molecular complexity index is 681. The first-order chi connectivity index (χ1) is 11.7. The molecule has 24 heavy (non-hydrogen) atoms. The van der Waals surface area contributed by atoms with E-state index in [1.54, 1.807) is 12.1 Å². The van der Waals surface area contributed by atoms with Crippen LogP contribution in [0.15, 0.2) is 48.5 Å². The minimum atomic E-state index is -0.0754. The highest BCUT2D eigenvalue weighted by Gasteiger charge is 2.16. The summed E-state index contributed by atoms with van der Waals surface area (Å²) in [6, 6.07) is 14.7. The number of carbonyl (C=O) groups is 1. The molecule has 0 saturated carbocycles. The molecule has 1 atom stereocenters. The van der Waals surface area contributed by atoms with Crippen molar-refractivity contribution in [2.24, 2.45) is 0 Å². The van der Waals surface area contributed by atoms with Gasteiger partial charge in [-0.25, -0.2) is 0 Å². The fraction of sp³-hybridized carbons (Fsp3) is 0.316. The van der Waals surface area contributed by atoms with Crippen LogP contribution in [0.1, 0.15) is 18.4 Å². The second kappa shape index (κ2) is 8.18. The summed E-state index contributed by atoms with van der Waals surface area (Å²) in [5, 5.41) is 3.55. The first-order valence-electron chi connectivity index (χ1n) is 8.08. The van der Waals surface area contributed by atoms with Gasteiger partial charge in [0.1, 0.15) is 12.4 Å². The Morgan fingerprint density at radius 1 is 1.25 bits per heavy atom. The molecule has 1 amide bonds. The van der Waals surface area contributed by atoms with Crippen molar-refractivity contribution < 1.29 is 14.3 Å². The summed E-state index contributed by atoms with van der Waals surface area (Å²) in [4.78, 5) is 12.1. The molecule has 1 N–H and O–H groups in total. The molecule has 5 heteroatoms.